The van der Waals surface area contributed by atoms with Crippen molar-refractivity contribution in [2.24, 2.45) is 23.7 Å². The lowest BCUT2D eigenvalue weighted by Gasteiger charge is -2.43. The SMILES string of the molecule is CC1OC(=O)C2CC3C[C@H](NC(=O)OF)CCC3CC12. The summed E-state index contributed by atoms with van der Waals surface area (Å²) in [5.74, 6) is 1.29. The zero-order valence-corrected chi connectivity index (χ0v) is 11.5. The zero-order valence-electron chi connectivity index (χ0n) is 11.5. The van der Waals surface area contributed by atoms with E-state index in [1.54, 1.807) is 0 Å². The first kappa shape index (κ1) is 13.6. The van der Waals surface area contributed by atoms with Crippen LogP contribution in [0.3, 0.4) is 0 Å². The molecule has 1 aliphatic heterocycles. The van der Waals surface area contributed by atoms with Crippen molar-refractivity contribution in [2.45, 2.75) is 51.2 Å². The highest BCUT2D eigenvalue weighted by atomic mass is 19.3. The van der Waals surface area contributed by atoms with Gasteiger partial charge in [0.25, 0.3) is 0 Å². The molecule has 1 N–H and O–H groups in total. The molecule has 1 saturated heterocycles. The molecule has 0 spiro atoms. The average Bonchev–Trinajstić information content (AvgIpc) is 2.71. The highest BCUT2D eigenvalue weighted by Gasteiger charge is 2.50. The smallest absolute Gasteiger partial charge is 0.444 e. The van der Waals surface area contributed by atoms with E-state index >= 15 is 0 Å². The number of carbonyl (C=O) groups is 2. The van der Waals surface area contributed by atoms with Crippen LogP contribution in [0.2, 0.25) is 0 Å². The molecule has 20 heavy (non-hydrogen) atoms. The van der Waals surface area contributed by atoms with Crippen molar-refractivity contribution in [2.75, 3.05) is 0 Å². The van der Waals surface area contributed by atoms with Gasteiger partial charge in [-0.15, -0.1) is 0 Å². The molecule has 0 bridgehead atoms. The molecule has 2 aliphatic carbocycles. The fraction of sp³-hybridized carbons (Fsp3) is 0.857. The first-order valence-corrected chi connectivity index (χ1v) is 7.38. The molecule has 1 heterocycles. The maximum absolute atomic E-state index is 11.8. The fourth-order valence-electron chi connectivity index (χ4n) is 4.41. The molecule has 5 unspecified atom stereocenters. The van der Waals surface area contributed by atoms with Gasteiger partial charge >= 0.3 is 12.1 Å². The third-order valence-electron chi connectivity index (χ3n) is 5.39. The van der Waals surface area contributed by atoms with Crippen LogP contribution in [0.1, 0.15) is 39.0 Å². The van der Waals surface area contributed by atoms with Gasteiger partial charge in [-0.05, 0) is 50.9 Å². The van der Waals surface area contributed by atoms with Crippen LogP contribution in [0.25, 0.3) is 0 Å². The maximum Gasteiger partial charge on any atom is 0.444 e. The van der Waals surface area contributed by atoms with E-state index in [0.29, 0.717) is 17.8 Å². The molecule has 0 aromatic rings. The van der Waals surface area contributed by atoms with Crippen LogP contribution in [0, 0.1) is 23.7 Å². The molecule has 0 aromatic carbocycles. The number of nitrogens with one attached hydrogen (secondary N) is 1. The van der Waals surface area contributed by atoms with Gasteiger partial charge < -0.3 is 10.1 Å². The minimum atomic E-state index is -1.02. The predicted octanol–water partition coefficient (Wildman–Crippen LogP) is 2.35. The van der Waals surface area contributed by atoms with Gasteiger partial charge in [-0.3, -0.25) is 4.79 Å². The number of rotatable bonds is 1. The highest BCUT2D eigenvalue weighted by molar-refractivity contribution is 5.75. The second-order valence-electron chi connectivity index (χ2n) is 6.42. The van der Waals surface area contributed by atoms with Crippen LogP contribution in [0.5, 0.6) is 0 Å². The van der Waals surface area contributed by atoms with E-state index in [2.05, 4.69) is 10.3 Å². The summed E-state index contributed by atoms with van der Waals surface area (Å²) in [7, 11) is 0. The number of halogens is 1. The Bertz CT molecular complexity index is 416. The van der Waals surface area contributed by atoms with Crippen molar-refractivity contribution in [3.63, 3.8) is 0 Å². The molecule has 112 valence electrons. The summed E-state index contributed by atoms with van der Waals surface area (Å²) in [4.78, 5) is 25.9. The van der Waals surface area contributed by atoms with E-state index in [-0.39, 0.29) is 24.0 Å². The summed E-state index contributed by atoms with van der Waals surface area (Å²) in [5, 5.41) is 2.53. The van der Waals surface area contributed by atoms with E-state index < -0.39 is 6.09 Å². The Labute approximate surface area is 117 Å². The van der Waals surface area contributed by atoms with Crippen molar-refractivity contribution < 1.29 is 23.8 Å². The number of fused-ring (bicyclic) bond motifs is 2. The third kappa shape index (κ3) is 2.36. The van der Waals surface area contributed by atoms with Gasteiger partial charge in [-0.25, -0.2) is 9.74 Å². The van der Waals surface area contributed by atoms with Crippen LogP contribution >= 0.6 is 0 Å². The Morgan fingerprint density at radius 2 is 2.10 bits per heavy atom. The minimum Gasteiger partial charge on any atom is -0.462 e. The van der Waals surface area contributed by atoms with E-state index in [0.717, 1.165) is 32.1 Å². The van der Waals surface area contributed by atoms with E-state index in [1.807, 2.05) is 6.92 Å². The van der Waals surface area contributed by atoms with Crippen LogP contribution in [0.15, 0.2) is 0 Å². The van der Waals surface area contributed by atoms with Crippen LogP contribution < -0.4 is 5.32 Å². The van der Waals surface area contributed by atoms with Gasteiger partial charge in [0.1, 0.15) is 6.10 Å². The number of amides is 1. The lowest BCUT2D eigenvalue weighted by atomic mass is 9.62. The summed E-state index contributed by atoms with van der Waals surface area (Å²) in [6.07, 6.45) is 3.53. The van der Waals surface area contributed by atoms with Crippen molar-refractivity contribution in [1.29, 1.82) is 0 Å². The van der Waals surface area contributed by atoms with Gasteiger partial charge in [0.05, 0.1) is 5.92 Å². The normalized spacial score (nSPS) is 43.2. The average molecular weight is 285 g/mol. The van der Waals surface area contributed by atoms with Crippen molar-refractivity contribution in [1.82, 2.24) is 5.32 Å². The lowest BCUT2D eigenvalue weighted by molar-refractivity contribution is -0.144. The molecule has 3 fully saturated rings. The number of carbonyl (C=O) groups excluding carboxylic acids is 2. The van der Waals surface area contributed by atoms with Crippen molar-refractivity contribution >= 4 is 12.1 Å². The first-order chi connectivity index (χ1) is 9.58. The fourth-order valence-corrected chi connectivity index (χ4v) is 4.41. The summed E-state index contributed by atoms with van der Waals surface area (Å²) >= 11 is 0. The van der Waals surface area contributed by atoms with Gasteiger partial charge in [0, 0.05) is 16.5 Å². The Hall–Kier alpha value is -1.33. The number of esters is 1. The molecule has 3 aliphatic rings. The molecule has 5 nitrogen and oxygen atoms in total. The Balaban J connectivity index is 1.63. The molecular weight excluding hydrogens is 265 g/mol. The highest BCUT2D eigenvalue weighted by Crippen LogP contribution is 2.49. The lowest BCUT2D eigenvalue weighted by Crippen LogP contribution is -2.44. The van der Waals surface area contributed by atoms with E-state index in [4.69, 9.17) is 4.74 Å². The largest absolute Gasteiger partial charge is 0.462 e. The number of hydrogen-bond donors (Lipinski definition) is 1. The number of cyclic esters (lactones) is 1. The summed E-state index contributed by atoms with van der Waals surface area (Å²) in [5.41, 5.74) is 0. The molecule has 0 aromatic heterocycles. The second-order valence-corrected chi connectivity index (χ2v) is 6.42. The summed E-state index contributed by atoms with van der Waals surface area (Å²) < 4.78 is 17.1. The molecular formula is C14H20FNO4. The van der Waals surface area contributed by atoms with Crippen LogP contribution in [-0.4, -0.2) is 24.2 Å². The Kier molecular flexibility index (Phi) is 3.56. The van der Waals surface area contributed by atoms with Gasteiger partial charge in [0.15, 0.2) is 0 Å². The molecule has 6 atom stereocenters. The topological polar surface area (TPSA) is 64.6 Å². The van der Waals surface area contributed by atoms with Crippen molar-refractivity contribution in [3.8, 4) is 0 Å². The van der Waals surface area contributed by atoms with Crippen LogP contribution in [-0.2, 0) is 14.5 Å². The monoisotopic (exact) mass is 285 g/mol. The first-order valence-electron chi connectivity index (χ1n) is 7.38. The molecule has 6 heteroatoms. The molecule has 2 saturated carbocycles. The number of hydrogen-bond acceptors (Lipinski definition) is 4. The van der Waals surface area contributed by atoms with E-state index in [1.165, 1.54) is 0 Å². The zero-order chi connectivity index (χ0) is 14.3. The maximum atomic E-state index is 11.8. The second kappa shape index (κ2) is 5.22. The summed E-state index contributed by atoms with van der Waals surface area (Å²) in [6, 6.07) is -0.0501. The Morgan fingerprint density at radius 3 is 2.85 bits per heavy atom. The van der Waals surface area contributed by atoms with Gasteiger partial charge in [-0.2, -0.15) is 0 Å². The minimum absolute atomic E-state index is 0.0122. The van der Waals surface area contributed by atoms with Crippen molar-refractivity contribution in [3.05, 3.63) is 0 Å². The molecule has 1 amide bonds. The standard InChI is InChI=1S/C14H20FNO4/c1-7-11-5-8-2-3-10(16-14(18)20-15)4-9(8)6-12(11)13(17)19-7/h7-12H,2-6H2,1H3,(H,16,18)/t7?,8?,9?,10-,11?,12?/m1/s1. The predicted molar refractivity (Wildman–Crippen MR) is 67.1 cm³/mol. The molecule has 3 rings (SSSR count). The van der Waals surface area contributed by atoms with E-state index in [9.17, 15) is 14.1 Å². The Morgan fingerprint density at radius 1 is 1.30 bits per heavy atom. The quantitative estimate of drug-likeness (QED) is 0.751. The number of ether oxygens (including phenoxy) is 1. The summed E-state index contributed by atoms with van der Waals surface area (Å²) in [6.45, 7) is 1.98. The third-order valence-corrected chi connectivity index (χ3v) is 5.39. The van der Waals surface area contributed by atoms with Gasteiger partial charge in [-0.1, -0.05) is 0 Å². The molecule has 0 radical (unpaired) electrons. The van der Waals surface area contributed by atoms with Gasteiger partial charge in [0.2, 0.25) is 0 Å². The van der Waals surface area contributed by atoms with Crippen LogP contribution in [0.4, 0.5) is 9.32 Å².